The Kier molecular flexibility index (Phi) is 9.19. The van der Waals surface area contributed by atoms with Gasteiger partial charge in [-0.1, -0.05) is 48.5 Å². The van der Waals surface area contributed by atoms with E-state index in [9.17, 15) is 19.5 Å². The van der Waals surface area contributed by atoms with Crippen LogP contribution in [0.4, 0.5) is 5.69 Å². The van der Waals surface area contributed by atoms with Crippen molar-refractivity contribution in [2.75, 3.05) is 44.2 Å². The molecule has 5 aliphatic heterocycles. The van der Waals surface area contributed by atoms with Gasteiger partial charge in [-0.25, -0.2) is 0 Å². The van der Waals surface area contributed by atoms with Gasteiger partial charge in [0.15, 0.2) is 11.5 Å². The summed E-state index contributed by atoms with van der Waals surface area (Å²) in [6.45, 7) is 5.85. The number of phenols is 1. The first-order valence-electron chi connectivity index (χ1n) is 20.9. The molecular weight excluding hydrogens is 717 g/mol. The zero-order valence-corrected chi connectivity index (χ0v) is 32.3. The first-order valence-corrected chi connectivity index (χ1v) is 20.9. The summed E-state index contributed by atoms with van der Waals surface area (Å²) in [4.78, 5) is 44.3. The van der Waals surface area contributed by atoms with Crippen molar-refractivity contribution in [2.24, 2.45) is 5.92 Å². The summed E-state index contributed by atoms with van der Waals surface area (Å²) in [6.07, 6.45) is 6.70. The van der Waals surface area contributed by atoms with E-state index in [2.05, 4.69) is 75.8 Å². The van der Waals surface area contributed by atoms with Crippen molar-refractivity contribution in [3.8, 4) is 17.2 Å². The van der Waals surface area contributed by atoms with Gasteiger partial charge in [0.25, 0.3) is 5.91 Å². The van der Waals surface area contributed by atoms with Crippen LogP contribution in [0, 0.1) is 5.92 Å². The number of benzene rings is 4. The first-order chi connectivity index (χ1) is 27.8. The lowest BCUT2D eigenvalue weighted by Crippen LogP contribution is -2.54. The third-order valence-corrected chi connectivity index (χ3v) is 13.8. The Bertz CT molecular complexity index is 2190. The van der Waals surface area contributed by atoms with Crippen LogP contribution < -0.4 is 19.7 Å². The predicted octanol–water partition coefficient (Wildman–Crippen LogP) is 6.54. The highest BCUT2D eigenvalue weighted by molar-refractivity contribution is 6.05. The number of carbonyl (C=O) groups is 3. The molecule has 294 valence electrons. The van der Waals surface area contributed by atoms with Crippen LogP contribution in [0.1, 0.15) is 95.0 Å². The summed E-state index contributed by atoms with van der Waals surface area (Å²) >= 11 is 0. The number of likely N-dealkylation sites (tertiary alicyclic amines) is 1. The number of hydrogen-bond donors (Lipinski definition) is 2. The Morgan fingerprint density at radius 1 is 0.807 bits per heavy atom. The summed E-state index contributed by atoms with van der Waals surface area (Å²) in [5, 5.41) is 12.6. The van der Waals surface area contributed by atoms with E-state index in [-0.39, 0.29) is 36.3 Å². The molecule has 2 N–H and O–H groups in total. The van der Waals surface area contributed by atoms with E-state index < -0.39 is 11.9 Å². The van der Waals surface area contributed by atoms with Gasteiger partial charge in [-0.05, 0) is 103 Å². The van der Waals surface area contributed by atoms with Gasteiger partial charge < -0.3 is 29.3 Å². The number of aromatic hydroxyl groups is 1. The molecule has 0 radical (unpaired) electrons. The van der Waals surface area contributed by atoms with Gasteiger partial charge in [0.05, 0.1) is 6.54 Å². The van der Waals surface area contributed by atoms with Gasteiger partial charge in [-0.3, -0.25) is 19.7 Å². The fourth-order valence-electron chi connectivity index (χ4n) is 10.6. The second kappa shape index (κ2) is 14.5. The molecule has 10 heteroatoms. The number of imide groups is 1. The maximum absolute atomic E-state index is 13.3. The third-order valence-electron chi connectivity index (χ3n) is 13.8. The number of fused-ring (bicyclic) bond motifs is 4. The quantitative estimate of drug-likeness (QED) is 0.213. The number of aryl methyl sites for hydroxylation is 1. The minimum Gasteiger partial charge on any atom is -0.508 e. The number of ether oxygens (including phenoxy) is 2. The van der Waals surface area contributed by atoms with Gasteiger partial charge in [-0.15, -0.1) is 0 Å². The molecule has 10 nitrogen and oxygen atoms in total. The number of phenolic OH excluding ortho intramolecular Hbond substituents is 1. The zero-order valence-electron chi connectivity index (χ0n) is 32.3. The Morgan fingerprint density at radius 3 is 2.37 bits per heavy atom. The van der Waals surface area contributed by atoms with Gasteiger partial charge in [-0.2, -0.15) is 0 Å². The molecule has 4 aromatic carbocycles. The van der Waals surface area contributed by atoms with E-state index in [1.165, 1.54) is 40.8 Å². The summed E-state index contributed by atoms with van der Waals surface area (Å²) in [6, 6.07) is 29.1. The number of rotatable bonds is 6. The van der Waals surface area contributed by atoms with Crippen molar-refractivity contribution in [2.45, 2.75) is 81.4 Å². The largest absolute Gasteiger partial charge is 0.508 e. The Balaban J connectivity index is 0.735. The number of amides is 3. The first kappa shape index (κ1) is 36.0. The number of hydrogen-bond acceptors (Lipinski definition) is 8. The van der Waals surface area contributed by atoms with Crippen molar-refractivity contribution < 1.29 is 29.0 Å². The van der Waals surface area contributed by atoms with E-state index in [4.69, 9.17) is 9.47 Å². The van der Waals surface area contributed by atoms with E-state index in [0.29, 0.717) is 47.7 Å². The lowest BCUT2D eigenvalue weighted by molar-refractivity contribution is -0.136. The highest BCUT2D eigenvalue weighted by Gasteiger charge is 2.46. The molecule has 3 amide bonds. The molecule has 3 atom stereocenters. The minimum atomic E-state index is -0.658. The molecule has 0 saturated carbocycles. The smallest absolute Gasteiger partial charge is 0.255 e. The summed E-state index contributed by atoms with van der Waals surface area (Å²) in [7, 11) is 0. The summed E-state index contributed by atoms with van der Waals surface area (Å²) in [5.41, 5.74) is 7.53. The van der Waals surface area contributed by atoms with Crippen LogP contribution in [-0.2, 0) is 22.6 Å². The molecule has 0 unspecified atom stereocenters. The van der Waals surface area contributed by atoms with Crippen LogP contribution in [0.5, 0.6) is 17.2 Å². The molecule has 6 aliphatic rings. The predicted molar refractivity (Wildman–Crippen MR) is 216 cm³/mol. The number of anilines is 1. The van der Waals surface area contributed by atoms with E-state index >= 15 is 0 Å². The van der Waals surface area contributed by atoms with Crippen molar-refractivity contribution in [1.82, 2.24) is 15.1 Å². The Labute approximate surface area is 333 Å². The Hall–Kier alpha value is -5.35. The topological polar surface area (TPSA) is 112 Å². The van der Waals surface area contributed by atoms with Gasteiger partial charge in [0.1, 0.15) is 24.0 Å². The maximum Gasteiger partial charge on any atom is 0.255 e. The average molecular weight is 767 g/mol. The van der Waals surface area contributed by atoms with E-state index in [1.807, 2.05) is 18.2 Å². The average Bonchev–Trinajstić information content (AvgIpc) is 3.57. The summed E-state index contributed by atoms with van der Waals surface area (Å²) < 4.78 is 13.1. The van der Waals surface area contributed by atoms with Gasteiger partial charge in [0.2, 0.25) is 11.8 Å². The van der Waals surface area contributed by atoms with Crippen LogP contribution in [0.25, 0.3) is 0 Å². The highest BCUT2D eigenvalue weighted by Crippen LogP contribution is 2.48. The normalized spacial score (nSPS) is 24.6. The van der Waals surface area contributed by atoms with E-state index in [1.54, 1.807) is 11.0 Å². The lowest BCUT2D eigenvalue weighted by Gasteiger charge is -2.45. The van der Waals surface area contributed by atoms with Crippen molar-refractivity contribution in [3.63, 3.8) is 0 Å². The van der Waals surface area contributed by atoms with Crippen LogP contribution >= 0.6 is 0 Å². The number of piperidine rings is 3. The molecule has 10 rings (SSSR count). The van der Waals surface area contributed by atoms with Crippen LogP contribution in [0.3, 0.4) is 0 Å². The molecule has 3 fully saturated rings. The van der Waals surface area contributed by atoms with Crippen LogP contribution in [-0.4, -0.2) is 83.6 Å². The SMILES string of the molecule is O=C1CC[C@H](N2Cc3c(ccc4c3OCC3(CCN(CC5CCN(c6ccc([C@@H]7c8ccc(O)cc8CC[C@@H]7c7ccccc7)cc6)CC5)CC3)O4)C2=O)C(=O)N1. The third kappa shape index (κ3) is 6.71. The minimum absolute atomic E-state index is 0.204. The molecule has 57 heavy (non-hydrogen) atoms. The second-order valence-electron chi connectivity index (χ2n) is 17.1. The molecular formula is C47H50N4O6. The fourth-order valence-corrected chi connectivity index (χ4v) is 10.6. The molecule has 1 spiro atoms. The fraction of sp³-hybridized carbons (Fsp3) is 0.426. The number of nitrogens with one attached hydrogen (secondary N) is 1. The zero-order chi connectivity index (χ0) is 38.7. The molecule has 0 bridgehead atoms. The van der Waals surface area contributed by atoms with Crippen molar-refractivity contribution in [3.05, 3.63) is 118 Å². The molecule has 4 aromatic rings. The molecule has 1 aliphatic carbocycles. The standard InChI is InChI=1S/C47H50N4O6/c52-35-11-13-37-33(26-35)8-12-36(31-4-2-1-3-5-31)43(37)32-6-9-34(10-7-32)50-22-18-30(19-23-50)27-49-24-20-47(21-25-49)29-56-44-39-28-51(40-15-17-42(53)48-45(40)54)46(55)38(39)14-16-41(44)57-47/h1-7,9-11,13-14,16,26,30,36,40,43,52H,8,12,15,17-25,27-29H2,(H,48,53,54)/t36-,40+,43+/m1/s1. The van der Waals surface area contributed by atoms with Gasteiger partial charge in [0, 0.05) is 74.7 Å². The lowest BCUT2D eigenvalue weighted by atomic mass is 9.69. The summed E-state index contributed by atoms with van der Waals surface area (Å²) in [5.74, 6) is 2.03. The molecule has 0 aromatic heterocycles. The molecule has 5 heterocycles. The highest BCUT2D eigenvalue weighted by atomic mass is 16.6. The van der Waals surface area contributed by atoms with Gasteiger partial charge >= 0.3 is 0 Å². The van der Waals surface area contributed by atoms with Crippen LogP contribution in [0.15, 0.2) is 84.9 Å². The number of carbonyl (C=O) groups excluding carboxylic acids is 3. The van der Waals surface area contributed by atoms with E-state index in [0.717, 1.165) is 64.0 Å². The monoisotopic (exact) mass is 766 g/mol. The Morgan fingerprint density at radius 2 is 1.60 bits per heavy atom. The molecule has 3 saturated heterocycles. The maximum atomic E-state index is 13.3. The van der Waals surface area contributed by atoms with Crippen molar-refractivity contribution >= 4 is 23.4 Å². The van der Waals surface area contributed by atoms with Crippen LogP contribution in [0.2, 0.25) is 0 Å². The second-order valence-corrected chi connectivity index (χ2v) is 17.1. The van der Waals surface area contributed by atoms with Crippen molar-refractivity contribution in [1.29, 1.82) is 0 Å². The number of nitrogens with zero attached hydrogens (tertiary/aromatic N) is 3.